The first kappa shape index (κ1) is 12.7. The molecule has 3 heteroatoms. The Hall–Kier alpha value is -2.29. The molecule has 1 heterocycles. The van der Waals surface area contributed by atoms with Crippen LogP contribution < -0.4 is 10.2 Å². The van der Waals surface area contributed by atoms with Gasteiger partial charge in [-0.15, -0.1) is 0 Å². The molecule has 0 aromatic heterocycles. The number of hydrogen-bond donors (Lipinski definition) is 1. The lowest BCUT2D eigenvalue weighted by Gasteiger charge is -2.23. The van der Waals surface area contributed by atoms with Gasteiger partial charge in [-0.05, 0) is 44.0 Å². The van der Waals surface area contributed by atoms with Crippen molar-refractivity contribution < 1.29 is 4.79 Å². The zero-order valence-corrected chi connectivity index (χ0v) is 11.8. The van der Waals surface area contributed by atoms with E-state index in [0.29, 0.717) is 0 Å². The van der Waals surface area contributed by atoms with Crippen LogP contribution in [-0.4, -0.2) is 12.1 Å². The number of hydrogen-bond acceptors (Lipinski definition) is 1. The minimum atomic E-state index is -0.0636. The number of nitrogens with zero attached hydrogens (tertiary/aromatic N) is 1. The molecule has 0 spiro atoms. The summed E-state index contributed by atoms with van der Waals surface area (Å²) < 4.78 is 0. The Balaban J connectivity index is 1.82. The SMILES string of the molecule is Cc1ccc(NC(=O)N2c3ccccc3C[C@@H]2C)cc1. The van der Waals surface area contributed by atoms with E-state index in [-0.39, 0.29) is 12.1 Å². The van der Waals surface area contributed by atoms with E-state index in [9.17, 15) is 4.79 Å². The number of benzene rings is 2. The van der Waals surface area contributed by atoms with Crippen molar-refractivity contribution in [2.24, 2.45) is 0 Å². The van der Waals surface area contributed by atoms with E-state index in [2.05, 4.69) is 18.3 Å². The van der Waals surface area contributed by atoms with E-state index in [0.717, 1.165) is 17.8 Å². The third-order valence-electron chi connectivity index (χ3n) is 3.73. The topological polar surface area (TPSA) is 32.3 Å². The molecular weight excluding hydrogens is 248 g/mol. The lowest BCUT2D eigenvalue weighted by Crippen LogP contribution is -2.39. The summed E-state index contributed by atoms with van der Waals surface area (Å²) >= 11 is 0. The van der Waals surface area contributed by atoms with E-state index in [1.807, 2.05) is 54.3 Å². The fraction of sp³-hybridized carbons (Fsp3) is 0.235. The molecule has 0 saturated heterocycles. The Bertz CT molecular complexity index is 634. The smallest absolute Gasteiger partial charge is 0.308 e. The normalized spacial score (nSPS) is 16.9. The number of fused-ring (bicyclic) bond motifs is 1. The van der Waals surface area contributed by atoms with E-state index in [1.165, 1.54) is 11.1 Å². The van der Waals surface area contributed by atoms with Crippen molar-refractivity contribution in [2.75, 3.05) is 10.2 Å². The average Bonchev–Trinajstić information content (AvgIpc) is 2.77. The number of urea groups is 1. The third-order valence-corrected chi connectivity index (χ3v) is 3.73. The summed E-state index contributed by atoms with van der Waals surface area (Å²) in [6.07, 6.45) is 0.914. The van der Waals surface area contributed by atoms with Gasteiger partial charge >= 0.3 is 6.03 Å². The summed E-state index contributed by atoms with van der Waals surface area (Å²) in [5.41, 5.74) is 4.27. The maximum Gasteiger partial charge on any atom is 0.326 e. The maximum absolute atomic E-state index is 12.5. The first-order valence-electron chi connectivity index (χ1n) is 6.90. The quantitative estimate of drug-likeness (QED) is 0.832. The highest BCUT2D eigenvalue weighted by Gasteiger charge is 2.30. The monoisotopic (exact) mass is 266 g/mol. The van der Waals surface area contributed by atoms with Crippen LogP contribution in [0.25, 0.3) is 0 Å². The van der Waals surface area contributed by atoms with Crippen molar-refractivity contribution in [3.8, 4) is 0 Å². The lowest BCUT2D eigenvalue weighted by atomic mass is 10.1. The molecule has 3 rings (SSSR count). The predicted octanol–water partition coefficient (Wildman–Crippen LogP) is 3.98. The highest BCUT2D eigenvalue weighted by Crippen LogP contribution is 2.32. The first-order chi connectivity index (χ1) is 9.65. The Morgan fingerprint density at radius 3 is 2.60 bits per heavy atom. The second-order valence-corrected chi connectivity index (χ2v) is 5.35. The van der Waals surface area contributed by atoms with Crippen LogP contribution in [0.15, 0.2) is 48.5 Å². The molecule has 0 unspecified atom stereocenters. The molecule has 0 bridgehead atoms. The van der Waals surface area contributed by atoms with Crippen LogP contribution in [0.2, 0.25) is 0 Å². The van der Waals surface area contributed by atoms with Crippen LogP contribution in [0.1, 0.15) is 18.1 Å². The van der Waals surface area contributed by atoms with E-state index in [1.54, 1.807) is 0 Å². The van der Waals surface area contributed by atoms with Crippen molar-refractivity contribution in [2.45, 2.75) is 26.3 Å². The van der Waals surface area contributed by atoms with Crippen LogP contribution in [0.5, 0.6) is 0 Å². The molecule has 0 radical (unpaired) electrons. The van der Waals surface area contributed by atoms with Gasteiger partial charge in [0.2, 0.25) is 0 Å². The highest BCUT2D eigenvalue weighted by molar-refractivity contribution is 6.03. The van der Waals surface area contributed by atoms with Crippen molar-refractivity contribution in [3.63, 3.8) is 0 Å². The number of anilines is 2. The van der Waals surface area contributed by atoms with Crippen molar-refractivity contribution in [1.82, 2.24) is 0 Å². The number of nitrogens with one attached hydrogen (secondary N) is 1. The van der Waals surface area contributed by atoms with Gasteiger partial charge in [-0.3, -0.25) is 4.90 Å². The van der Waals surface area contributed by atoms with Crippen LogP contribution in [0.3, 0.4) is 0 Å². The number of carbonyl (C=O) groups is 1. The number of rotatable bonds is 1. The van der Waals surface area contributed by atoms with Gasteiger partial charge in [0, 0.05) is 17.4 Å². The molecule has 3 nitrogen and oxygen atoms in total. The van der Waals surface area contributed by atoms with Gasteiger partial charge in [0.15, 0.2) is 0 Å². The molecule has 2 aromatic rings. The zero-order valence-electron chi connectivity index (χ0n) is 11.8. The number of carbonyl (C=O) groups excluding carboxylic acids is 1. The average molecular weight is 266 g/mol. The molecular formula is C17H18N2O. The van der Waals surface area contributed by atoms with E-state index < -0.39 is 0 Å². The fourth-order valence-electron chi connectivity index (χ4n) is 2.70. The molecule has 2 aromatic carbocycles. The van der Waals surface area contributed by atoms with Crippen LogP contribution in [-0.2, 0) is 6.42 Å². The van der Waals surface area contributed by atoms with Gasteiger partial charge < -0.3 is 5.32 Å². The van der Waals surface area contributed by atoms with Gasteiger partial charge in [-0.2, -0.15) is 0 Å². The molecule has 1 aliphatic heterocycles. The van der Waals surface area contributed by atoms with Crippen molar-refractivity contribution in [1.29, 1.82) is 0 Å². The van der Waals surface area contributed by atoms with Crippen molar-refractivity contribution >= 4 is 17.4 Å². The van der Waals surface area contributed by atoms with Gasteiger partial charge in [-0.1, -0.05) is 35.9 Å². The molecule has 1 N–H and O–H groups in total. The number of aryl methyl sites for hydroxylation is 1. The summed E-state index contributed by atoms with van der Waals surface area (Å²) in [6.45, 7) is 4.11. The molecule has 1 atom stereocenters. The molecule has 0 aliphatic carbocycles. The van der Waals surface area contributed by atoms with Crippen molar-refractivity contribution in [3.05, 3.63) is 59.7 Å². The summed E-state index contributed by atoms with van der Waals surface area (Å²) in [7, 11) is 0. The zero-order chi connectivity index (χ0) is 14.1. The Morgan fingerprint density at radius 2 is 1.85 bits per heavy atom. The molecule has 102 valence electrons. The molecule has 20 heavy (non-hydrogen) atoms. The van der Waals surface area contributed by atoms with Crippen LogP contribution >= 0.6 is 0 Å². The largest absolute Gasteiger partial charge is 0.326 e. The van der Waals surface area contributed by atoms with Gasteiger partial charge in [-0.25, -0.2) is 4.79 Å². The minimum Gasteiger partial charge on any atom is -0.308 e. The van der Waals surface area contributed by atoms with Gasteiger partial charge in [0.1, 0.15) is 0 Å². The fourth-order valence-corrected chi connectivity index (χ4v) is 2.70. The summed E-state index contributed by atoms with van der Waals surface area (Å²) in [5.74, 6) is 0. The molecule has 0 saturated carbocycles. The maximum atomic E-state index is 12.5. The Morgan fingerprint density at radius 1 is 1.15 bits per heavy atom. The predicted molar refractivity (Wildman–Crippen MR) is 82.3 cm³/mol. The lowest BCUT2D eigenvalue weighted by molar-refractivity contribution is 0.256. The van der Waals surface area contributed by atoms with Gasteiger partial charge in [0.25, 0.3) is 0 Å². The standard InChI is InChI=1S/C17H18N2O/c1-12-7-9-15(10-8-12)18-17(20)19-13(2)11-14-5-3-4-6-16(14)19/h3-10,13H,11H2,1-2H3,(H,18,20)/t13-/m0/s1. The number of amides is 2. The van der Waals surface area contributed by atoms with Crippen LogP contribution in [0.4, 0.5) is 16.2 Å². The first-order valence-corrected chi connectivity index (χ1v) is 6.90. The van der Waals surface area contributed by atoms with Gasteiger partial charge in [0.05, 0.1) is 0 Å². The van der Waals surface area contributed by atoms with E-state index >= 15 is 0 Å². The Kier molecular flexibility index (Phi) is 3.18. The number of para-hydroxylation sites is 1. The summed E-state index contributed by atoms with van der Waals surface area (Å²) in [6, 6.07) is 16.1. The molecule has 1 aliphatic rings. The second kappa shape index (κ2) is 5.00. The second-order valence-electron chi connectivity index (χ2n) is 5.35. The highest BCUT2D eigenvalue weighted by atomic mass is 16.2. The minimum absolute atomic E-state index is 0.0636. The Labute approximate surface area is 119 Å². The third kappa shape index (κ3) is 2.27. The molecule has 0 fully saturated rings. The van der Waals surface area contributed by atoms with E-state index in [4.69, 9.17) is 0 Å². The summed E-state index contributed by atoms with van der Waals surface area (Å²) in [5, 5.41) is 2.97. The summed E-state index contributed by atoms with van der Waals surface area (Å²) in [4.78, 5) is 14.3. The molecule has 2 amide bonds. The van der Waals surface area contributed by atoms with Crippen LogP contribution in [0, 0.1) is 6.92 Å².